The second kappa shape index (κ2) is 10.4. The summed E-state index contributed by atoms with van der Waals surface area (Å²) in [6.45, 7) is 7.00. The van der Waals surface area contributed by atoms with Crippen molar-refractivity contribution >= 4 is 6.03 Å². The van der Waals surface area contributed by atoms with E-state index in [9.17, 15) is 4.79 Å². The lowest BCUT2D eigenvalue weighted by atomic mass is 10.0. The van der Waals surface area contributed by atoms with Gasteiger partial charge in [0, 0.05) is 31.6 Å². The van der Waals surface area contributed by atoms with Gasteiger partial charge >= 0.3 is 6.03 Å². The number of nitrogens with one attached hydrogen (secondary N) is 1. The second-order valence-corrected chi connectivity index (χ2v) is 7.75. The molecule has 0 fully saturated rings. The van der Waals surface area contributed by atoms with Gasteiger partial charge in [-0.3, -0.25) is 0 Å². The van der Waals surface area contributed by atoms with Crippen LogP contribution in [0, 0.1) is 0 Å². The van der Waals surface area contributed by atoms with Gasteiger partial charge in [0.2, 0.25) is 0 Å². The maximum atomic E-state index is 13.4. The molecule has 6 heteroatoms. The molecule has 0 radical (unpaired) electrons. The summed E-state index contributed by atoms with van der Waals surface area (Å²) in [6.07, 6.45) is 2.85. The number of ether oxygens (including phenoxy) is 2. The summed E-state index contributed by atoms with van der Waals surface area (Å²) in [7, 11) is 0. The number of carbonyl (C=O) groups excluding carboxylic acids is 1. The number of carbonyl (C=O) groups is 1. The molecule has 0 spiro atoms. The number of hydrogen-bond acceptors (Lipinski definition) is 3. The number of fused-ring (bicyclic) bond motifs is 3. The summed E-state index contributed by atoms with van der Waals surface area (Å²) in [6, 6.07) is 20.2. The number of hydrogen-bond donors (Lipinski definition) is 1. The number of rotatable bonds is 8. The Morgan fingerprint density at radius 1 is 1.03 bits per heavy atom. The van der Waals surface area contributed by atoms with Crippen LogP contribution in [-0.2, 0) is 11.3 Å². The summed E-state index contributed by atoms with van der Waals surface area (Å²) < 4.78 is 13.2. The van der Waals surface area contributed by atoms with Crippen LogP contribution in [-0.4, -0.2) is 41.9 Å². The molecule has 1 N–H and O–H groups in total. The van der Waals surface area contributed by atoms with Gasteiger partial charge in [0.05, 0.1) is 24.9 Å². The molecule has 1 aliphatic rings. The van der Waals surface area contributed by atoms with Crippen LogP contribution < -0.4 is 10.1 Å². The minimum Gasteiger partial charge on any atom is -0.494 e. The van der Waals surface area contributed by atoms with Crippen molar-refractivity contribution in [1.29, 1.82) is 0 Å². The number of benzene rings is 2. The minimum atomic E-state index is -0.222. The molecule has 0 aliphatic carbocycles. The quantitative estimate of drug-likeness (QED) is 0.513. The fraction of sp³-hybridized carbons (Fsp3) is 0.346. The van der Waals surface area contributed by atoms with Crippen molar-refractivity contribution in [2.24, 2.45) is 0 Å². The molecule has 0 unspecified atom stereocenters. The van der Waals surface area contributed by atoms with E-state index in [0.717, 1.165) is 34.7 Å². The highest BCUT2D eigenvalue weighted by atomic mass is 16.5. The van der Waals surface area contributed by atoms with E-state index in [1.807, 2.05) is 49.1 Å². The largest absolute Gasteiger partial charge is 0.494 e. The Kier molecular flexibility index (Phi) is 7.12. The second-order valence-electron chi connectivity index (χ2n) is 7.75. The predicted octanol–water partition coefficient (Wildman–Crippen LogP) is 4.92. The zero-order valence-electron chi connectivity index (χ0n) is 18.8. The molecule has 1 aromatic heterocycles. The zero-order valence-corrected chi connectivity index (χ0v) is 18.8. The van der Waals surface area contributed by atoms with Crippen LogP contribution in [0.4, 0.5) is 4.79 Å². The lowest BCUT2D eigenvalue weighted by molar-refractivity contribution is 0.143. The summed E-state index contributed by atoms with van der Waals surface area (Å²) in [5, 5.41) is 3.10. The Morgan fingerprint density at radius 2 is 1.84 bits per heavy atom. The van der Waals surface area contributed by atoms with Crippen molar-refractivity contribution in [2.45, 2.75) is 32.9 Å². The molecule has 1 aliphatic heterocycles. The molecule has 2 heterocycles. The van der Waals surface area contributed by atoms with Crippen LogP contribution >= 0.6 is 0 Å². The fourth-order valence-corrected chi connectivity index (χ4v) is 4.22. The third-order valence-corrected chi connectivity index (χ3v) is 5.68. The average Bonchev–Trinajstić information content (AvgIpc) is 3.24. The van der Waals surface area contributed by atoms with E-state index in [-0.39, 0.29) is 12.1 Å². The lowest BCUT2D eigenvalue weighted by Gasteiger charge is -2.31. The molecule has 2 amide bonds. The molecule has 6 nitrogen and oxygen atoms in total. The van der Waals surface area contributed by atoms with Crippen LogP contribution in [0.2, 0.25) is 0 Å². The molecule has 3 aromatic rings. The molecule has 0 saturated carbocycles. The molecular weight excluding hydrogens is 402 g/mol. The first-order valence-corrected chi connectivity index (χ1v) is 11.3. The van der Waals surface area contributed by atoms with Gasteiger partial charge in [-0.1, -0.05) is 30.3 Å². The van der Waals surface area contributed by atoms with Gasteiger partial charge in [0.25, 0.3) is 0 Å². The number of para-hydroxylation sites is 1. The van der Waals surface area contributed by atoms with E-state index >= 15 is 0 Å². The Morgan fingerprint density at radius 3 is 2.62 bits per heavy atom. The predicted molar refractivity (Wildman–Crippen MR) is 125 cm³/mol. The fourth-order valence-electron chi connectivity index (χ4n) is 4.22. The van der Waals surface area contributed by atoms with Gasteiger partial charge in [-0.05, 0) is 61.7 Å². The monoisotopic (exact) mass is 433 g/mol. The average molecular weight is 434 g/mol. The zero-order chi connectivity index (χ0) is 22.3. The smallest absolute Gasteiger partial charge is 0.318 e. The maximum absolute atomic E-state index is 13.4. The molecule has 1 atom stereocenters. The normalized spacial score (nSPS) is 14.9. The highest BCUT2D eigenvalue weighted by molar-refractivity contribution is 5.76. The number of amides is 2. The van der Waals surface area contributed by atoms with Crippen LogP contribution in [0.1, 0.15) is 43.1 Å². The van der Waals surface area contributed by atoms with Crippen molar-refractivity contribution in [2.75, 3.05) is 26.4 Å². The summed E-state index contributed by atoms with van der Waals surface area (Å²) in [4.78, 5) is 15.3. The molecule has 4 rings (SSSR count). The van der Waals surface area contributed by atoms with Gasteiger partial charge < -0.3 is 24.3 Å². The van der Waals surface area contributed by atoms with E-state index in [2.05, 4.69) is 46.4 Å². The van der Waals surface area contributed by atoms with Gasteiger partial charge in [-0.15, -0.1) is 0 Å². The van der Waals surface area contributed by atoms with Crippen molar-refractivity contribution in [3.8, 4) is 11.4 Å². The van der Waals surface area contributed by atoms with Gasteiger partial charge in [-0.25, -0.2) is 4.79 Å². The van der Waals surface area contributed by atoms with E-state index in [1.165, 1.54) is 0 Å². The van der Waals surface area contributed by atoms with Gasteiger partial charge in [-0.2, -0.15) is 0 Å². The molecule has 0 bridgehead atoms. The minimum absolute atomic E-state index is 0.0789. The molecular formula is C26H31N3O3. The van der Waals surface area contributed by atoms with Crippen LogP contribution in [0.25, 0.3) is 5.69 Å². The Hall–Kier alpha value is -3.25. The summed E-state index contributed by atoms with van der Waals surface area (Å²) in [5.74, 6) is 0.829. The Balaban J connectivity index is 1.69. The van der Waals surface area contributed by atoms with Crippen LogP contribution in [0.15, 0.2) is 66.9 Å². The van der Waals surface area contributed by atoms with Crippen LogP contribution in [0.3, 0.4) is 0 Å². The van der Waals surface area contributed by atoms with E-state index in [1.54, 1.807) is 0 Å². The van der Waals surface area contributed by atoms with E-state index < -0.39 is 0 Å². The number of aromatic nitrogens is 1. The molecule has 168 valence electrons. The lowest BCUT2D eigenvalue weighted by Crippen LogP contribution is -2.42. The Labute approximate surface area is 189 Å². The highest BCUT2D eigenvalue weighted by Gasteiger charge is 2.32. The number of urea groups is 1. The molecule has 32 heavy (non-hydrogen) atoms. The van der Waals surface area contributed by atoms with Crippen LogP contribution in [0.5, 0.6) is 5.75 Å². The standard InChI is InChI=1S/C26H31N3O3/c1-3-31-18-8-16-27-26(30)29-19-21-9-5-6-10-23(21)28-17-7-11-24(28)25(29)20-12-14-22(15-13-20)32-4-2/h5-7,9-15,17,25H,3-4,8,16,18-19H2,1-2H3,(H,27,30)/t25-/m1/s1. The first-order valence-electron chi connectivity index (χ1n) is 11.3. The third kappa shape index (κ3) is 4.65. The van der Waals surface area contributed by atoms with Gasteiger partial charge in [0.15, 0.2) is 0 Å². The number of nitrogens with zero attached hydrogens (tertiary/aromatic N) is 2. The highest BCUT2D eigenvalue weighted by Crippen LogP contribution is 2.37. The van der Waals surface area contributed by atoms with E-state index in [4.69, 9.17) is 9.47 Å². The SMILES string of the molecule is CCOCCCNC(=O)N1Cc2ccccc2-n2cccc2[C@H]1c1ccc(OCC)cc1. The first-order chi connectivity index (χ1) is 15.7. The van der Waals surface area contributed by atoms with Crippen molar-refractivity contribution in [3.63, 3.8) is 0 Å². The summed E-state index contributed by atoms with van der Waals surface area (Å²) in [5.41, 5.74) is 4.33. The van der Waals surface area contributed by atoms with Gasteiger partial charge in [0.1, 0.15) is 5.75 Å². The topological polar surface area (TPSA) is 55.7 Å². The third-order valence-electron chi connectivity index (χ3n) is 5.68. The Bertz CT molecular complexity index is 1030. The van der Waals surface area contributed by atoms with Crippen molar-refractivity contribution in [3.05, 3.63) is 83.7 Å². The molecule has 2 aromatic carbocycles. The van der Waals surface area contributed by atoms with Crippen molar-refractivity contribution in [1.82, 2.24) is 14.8 Å². The first kappa shape index (κ1) is 22.0. The van der Waals surface area contributed by atoms with E-state index in [0.29, 0.717) is 32.9 Å². The molecule has 0 saturated heterocycles. The van der Waals surface area contributed by atoms with Crippen molar-refractivity contribution < 1.29 is 14.3 Å². The maximum Gasteiger partial charge on any atom is 0.318 e. The summed E-state index contributed by atoms with van der Waals surface area (Å²) >= 11 is 0.